The fourth-order valence-electron chi connectivity index (χ4n) is 2.13. The molecule has 2 N–H and O–H groups in total. The summed E-state index contributed by atoms with van der Waals surface area (Å²) in [5, 5.41) is 10.7. The van der Waals surface area contributed by atoms with Crippen LogP contribution in [0.2, 0.25) is 0 Å². The van der Waals surface area contributed by atoms with E-state index in [1.165, 1.54) is 18.2 Å². The van der Waals surface area contributed by atoms with Crippen LogP contribution < -0.4 is 15.6 Å². The summed E-state index contributed by atoms with van der Waals surface area (Å²) in [6, 6.07) is 10.8. The van der Waals surface area contributed by atoms with Gasteiger partial charge in [0.1, 0.15) is 5.75 Å². The maximum absolute atomic E-state index is 12.0. The van der Waals surface area contributed by atoms with Crippen molar-refractivity contribution in [2.24, 2.45) is 0 Å². The van der Waals surface area contributed by atoms with Crippen molar-refractivity contribution in [2.75, 3.05) is 6.61 Å². The lowest BCUT2D eigenvalue weighted by Crippen LogP contribution is -2.43. The Bertz CT molecular complexity index is 870. The number of rotatable bonds is 6. The molecule has 2 rings (SSSR count). The molecule has 142 valence electrons. The molecule has 9 heteroatoms. The highest BCUT2D eigenvalue weighted by atomic mass is 79.9. The normalized spacial score (nSPS) is 10.4. The van der Waals surface area contributed by atoms with Crippen LogP contribution in [0.1, 0.15) is 35.7 Å². The number of ether oxygens (including phenoxy) is 1. The van der Waals surface area contributed by atoms with Crippen LogP contribution in [0.3, 0.4) is 0 Å². The number of nitrogens with zero attached hydrogens (tertiary/aromatic N) is 1. The van der Waals surface area contributed by atoms with Gasteiger partial charge in [-0.25, -0.2) is 0 Å². The number of non-ortho nitro benzene ring substituents is 1. The quantitative estimate of drug-likeness (QED) is 0.533. The molecule has 2 amide bonds. The smallest absolute Gasteiger partial charge is 0.276 e. The van der Waals surface area contributed by atoms with Gasteiger partial charge in [-0.1, -0.05) is 26.0 Å². The number of hydrogen-bond donors (Lipinski definition) is 2. The van der Waals surface area contributed by atoms with E-state index in [2.05, 4.69) is 40.6 Å². The van der Waals surface area contributed by atoms with Crippen LogP contribution in [0.15, 0.2) is 46.9 Å². The second kappa shape index (κ2) is 9.13. The van der Waals surface area contributed by atoms with Gasteiger partial charge in [0.15, 0.2) is 6.61 Å². The first-order valence-corrected chi connectivity index (χ1v) is 8.83. The summed E-state index contributed by atoms with van der Waals surface area (Å²) in [7, 11) is 0. The Morgan fingerprint density at radius 2 is 1.93 bits per heavy atom. The van der Waals surface area contributed by atoms with Crippen molar-refractivity contribution in [3.8, 4) is 5.75 Å². The number of nitro benzene ring substituents is 1. The van der Waals surface area contributed by atoms with E-state index < -0.39 is 16.7 Å². The fourth-order valence-corrected chi connectivity index (χ4v) is 2.64. The Kier molecular flexibility index (Phi) is 6.89. The highest BCUT2D eigenvalue weighted by Gasteiger charge is 2.13. The zero-order valence-corrected chi connectivity index (χ0v) is 16.3. The zero-order valence-electron chi connectivity index (χ0n) is 14.7. The minimum atomic E-state index is -0.672. The Labute approximate surface area is 164 Å². The summed E-state index contributed by atoms with van der Waals surface area (Å²) in [4.78, 5) is 33.9. The van der Waals surface area contributed by atoms with E-state index in [0.29, 0.717) is 11.7 Å². The van der Waals surface area contributed by atoms with Crippen LogP contribution in [0.5, 0.6) is 5.75 Å². The summed E-state index contributed by atoms with van der Waals surface area (Å²) in [5.41, 5.74) is 5.35. The summed E-state index contributed by atoms with van der Waals surface area (Å²) >= 11 is 3.40. The van der Waals surface area contributed by atoms with Crippen molar-refractivity contribution in [3.63, 3.8) is 0 Å². The summed E-state index contributed by atoms with van der Waals surface area (Å²) in [6.45, 7) is 3.83. The lowest BCUT2D eigenvalue weighted by molar-refractivity contribution is -0.384. The highest BCUT2D eigenvalue weighted by molar-refractivity contribution is 9.10. The number of carbonyl (C=O) groups excluding carboxylic acids is 2. The summed E-state index contributed by atoms with van der Waals surface area (Å²) in [6.07, 6.45) is 0. The third-order valence-corrected chi connectivity index (χ3v) is 4.24. The second-order valence-corrected chi connectivity index (χ2v) is 6.80. The molecule has 27 heavy (non-hydrogen) atoms. The standard InChI is InChI=1S/C18H18BrN3O5/c1-11(2)12-6-7-16(15(19)9-12)27-10-17(23)20-21-18(24)13-4-3-5-14(8-13)22(25)26/h3-9,11H,10H2,1-2H3,(H,20,23)(H,21,24). The zero-order chi connectivity index (χ0) is 20.0. The lowest BCUT2D eigenvalue weighted by atomic mass is 10.0. The Balaban J connectivity index is 1.87. The SMILES string of the molecule is CC(C)c1ccc(OCC(=O)NNC(=O)c2cccc([N+](=O)[O-])c2)c(Br)c1. The summed E-state index contributed by atoms with van der Waals surface area (Å²) in [5.74, 6) is -0.384. The van der Waals surface area contributed by atoms with Crippen molar-refractivity contribution < 1.29 is 19.2 Å². The number of amides is 2. The van der Waals surface area contributed by atoms with Gasteiger partial charge in [-0.2, -0.15) is 0 Å². The van der Waals surface area contributed by atoms with Crippen LogP contribution in [-0.2, 0) is 4.79 Å². The van der Waals surface area contributed by atoms with E-state index in [4.69, 9.17) is 4.74 Å². The Morgan fingerprint density at radius 3 is 2.56 bits per heavy atom. The number of hydrogen-bond acceptors (Lipinski definition) is 5. The maximum atomic E-state index is 12.0. The molecule has 0 fully saturated rings. The van der Waals surface area contributed by atoms with Crippen molar-refractivity contribution in [1.82, 2.24) is 10.9 Å². The van der Waals surface area contributed by atoms with Gasteiger partial charge in [-0.05, 0) is 45.6 Å². The van der Waals surface area contributed by atoms with Crippen LogP contribution >= 0.6 is 15.9 Å². The van der Waals surface area contributed by atoms with Crippen LogP contribution in [0.4, 0.5) is 5.69 Å². The van der Waals surface area contributed by atoms with Gasteiger partial charge in [0, 0.05) is 17.7 Å². The molecule has 0 saturated heterocycles. The van der Waals surface area contributed by atoms with Crippen molar-refractivity contribution >= 4 is 33.4 Å². The molecule has 0 saturated carbocycles. The number of nitrogens with one attached hydrogen (secondary N) is 2. The monoisotopic (exact) mass is 435 g/mol. The second-order valence-electron chi connectivity index (χ2n) is 5.94. The van der Waals surface area contributed by atoms with Gasteiger partial charge >= 0.3 is 0 Å². The first-order chi connectivity index (χ1) is 12.8. The van der Waals surface area contributed by atoms with Gasteiger partial charge in [0.2, 0.25) is 0 Å². The molecule has 8 nitrogen and oxygen atoms in total. The van der Waals surface area contributed by atoms with E-state index in [1.807, 2.05) is 12.1 Å². The third-order valence-electron chi connectivity index (χ3n) is 3.62. The molecule has 0 spiro atoms. The average molecular weight is 436 g/mol. The van der Waals surface area contributed by atoms with Crippen molar-refractivity contribution in [2.45, 2.75) is 19.8 Å². The van der Waals surface area contributed by atoms with Crippen LogP contribution in [0, 0.1) is 10.1 Å². The van der Waals surface area contributed by atoms with E-state index in [-0.39, 0.29) is 17.9 Å². The molecule has 0 aliphatic carbocycles. The topological polar surface area (TPSA) is 111 Å². The van der Waals surface area contributed by atoms with E-state index >= 15 is 0 Å². The lowest BCUT2D eigenvalue weighted by Gasteiger charge is -2.12. The molecule has 2 aromatic rings. The van der Waals surface area contributed by atoms with Gasteiger partial charge < -0.3 is 4.74 Å². The highest BCUT2D eigenvalue weighted by Crippen LogP contribution is 2.28. The molecule has 2 aromatic carbocycles. The fraction of sp³-hybridized carbons (Fsp3) is 0.222. The molecule has 0 atom stereocenters. The number of halogens is 1. The van der Waals surface area contributed by atoms with Gasteiger partial charge in [-0.3, -0.25) is 30.6 Å². The molecule has 0 radical (unpaired) electrons. The summed E-state index contributed by atoms with van der Waals surface area (Å²) < 4.78 is 6.15. The van der Waals surface area contributed by atoms with Crippen LogP contribution in [0.25, 0.3) is 0 Å². The number of benzene rings is 2. The van der Waals surface area contributed by atoms with E-state index in [1.54, 1.807) is 6.07 Å². The first kappa shape index (κ1) is 20.4. The Morgan fingerprint density at radius 1 is 1.19 bits per heavy atom. The van der Waals surface area contributed by atoms with Crippen LogP contribution in [-0.4, -0.2) is 23.3 Å². The first-order valence-electron chi connectivity index (χ1n) is 8.04. The predicted octanol–water partition coefficient (Wildman–Crippen LogP) is 3.32. The number of carbonyl (C=O) groups is 2. The van der Waals surface area contributed by atoms with Gasteiger partial charge in [0.25, 0.3) is 17.5 Å². The molecule has 0 unspecified atom stereocenters. The number of hydrazine groups is 1. The largest absolute Gasteiger partial charge is 0.483 e. The molecular formula is C18H18BrN3O5. The molecule has 0 aliphatic heterocycles. The third kappa shape index (κ3) is 5.78. The molecule has 0 bridgehead atoms. The number of nitro groups is 1. The predicted molar refractivity (Wildman–Crippen MR) is 102 cm³/mol. The van der Waals surface area contributed by atoms with Crippen molar-refractivity contribution in [1.29, 1.82) is 0 Å². The Hall–Kier alpha value is -2.94. The van der Waals surface area contributed by atoms with Gasteiger partial charge in [-0.15, -0.1) is 0 Å². The minimum Gasteiger partial charge on any atom is -0.483 e. The van der Waals surface area contributed by atoms with Crippen molar-refractivity contribution in [3.05, 3.63) is 68.2 Å². The molecule has 0 heterocycles. The van der Waals surface area contributed by atoms with E-state index in [0.717, 1.165) is 16.1 Å². The maximum Gasteiger partial charge on any atom is 0.276 e. The van der Waals surface area contributed by atoms with E-state index in [9.17, 15) is 19.7 Å². The van der Waals surface area contributed by atoms with Gasteiger partial charge in [0.05, 0.1) is 9.40 Å². The average Bonchev–Trinajstić information content (AvgIpc) is 2.64. The molecule has 0 aromatic heterocycles. The molecular weight excluding hydrogens is 418 g/mol. The molecule has 0 aliphatic rings. The minimum absolute atomic E-state index is 0.0532.